The summed E-state index contributed by atoms with van der Waals surface area (Å²) in [5, 5.41) is 2.43. The van der Waals surface area contributed by atoms with E-state index in [4.69, 9.17) is 0 Å². The first kappa shape index (κ1) is 13.1. The summed E-state index contributed by atoms with van der Waals surface area (Å²) >= 11 is 0. The summed E-state index contributed by atoms with van der Waals surface area (Å²) in [7, 11) is 0. The Morgan fingerprint density at radius 2 is 1.53 bits per heavy atom. The summed E-state index contributed by atoms with van der Waals surface area (Å²) in [5.41, 5.74) is -0.00230. The molecular weight excluding hydrogens is 255 g/mol. The van der Waals surface area contributed by atoms with Crippen LogP contribution in [0.1, 0.15) is 17.3 Å². The number of Topliss-reactive ketones (excluding diaryl/α,β-unsaturated/α-hetero) is 1. The van der Waals surface area contributed by atoms with E-state index in [0.29, 0.717) is 0 Å². The summed E-state index contributed by atoms with van der Waals surface area (Å²) in [6.07, 6.45) is 0. The molecule has 2 nitrogen and oxygen atoms in total. The van der Waals surface area contributed by atoms with E-state index in [2.05, 4.69) is 5.32 Å². The Labute approximate surface area is 107 Å². The van der Waals surface area contributed by atoms with Gasteiger partial charge in [-0.15, -0.1) is 0 Å². The van der Waals surface area contributed by atoms with Crippen molar-refractivity contribution >= 4 is 17.2 Å². The molecule has 0 fully saturated rings. The number of carbonyl (C=O) groups excluding carboxylic acids is 1. The van der Waals surface area contributed by atoms with Crippen LogP contribution in [0, 0.1) is 17.5 Å². The highest BCUT2D eigenvalue weighted by molar-refractivity contribution is 5.95. The van der Waals surface area contributed by atoms with Gasteiger partial charge in [-0.2, -0.15) is 0 Å². The lowest BCUT2D eigenvalue weighted by Crippen LogP contribution is -2.00. The molecule has 2 rings (SSSR count). The molecule has 19 heavy (non-hydrogen) atoms. The largest absolute Gasteiger partial charge is 0.351 e. The first-order valence-electron chi connectivity index (χ1n) is 5.50. The lowest BCUT2D eigenvalue weighted by atomic mass is 10.1. The van der Waals surface area contributed by atoms with Gasteiger partial charge >= 0.3 is 0 Å². The SMILES string of the molecule is CC(=O)c1ccc(F)c(Nc2cc(F)ccc2F)c1. The van der Waals surface area contributed by atoms with E-state index in [9.17, 15) is 18.0 Å². The minimum Gasteiger partial charge on any atom is -0.351 e. The van der Waals surface area contributed by atoms with Crippen molar-refractivity contribution in [2.75, 3.05) is 5.32 Å². The Hall–Kier alpha value is -2.30. The Bertz CT molecular complexity index is 641. The minimum atomic E-state index is -0.714. The van der Waals surface area contributed by atoms with Crippen molar-refractivity contribution in [2.24, 2.45) is 0 Å². The highest BCUT2D eigenvalue weighted by Gasteiger charge is 2.10. The van der Waals surface area contributed by atoms with Gasteiger partial charge in [-0.3, -0.25) is 4.79 Å². The molecule has 98 valence electrons. The quantitative estimate of drug-likeness (QED) is 0.848. The standard InChI is InChI=1S/C14H10F3NO/c1-8(19)9-2-4-11(16)13(6-9)18-14-7-10(15)3-5-12(14)17/h2-7,18H,1H3. The topological polar surface area (TPSA) is 29.1 Å². The molecule has 0 heterocycles. The van der Waals surface area contributed by atoms with Gasteiger partial charge in [-0.25, -0.2) is 13.2 Å². The van der Waals surface area contributed by atoms with Crippen LogP contribution in [-0.2, 0) is 0 Å². The normalized spacial score (nSPS) is 10.3. The van der Waals surface area contributed by atoms with Crippen molar-refractivity contribution in [1.29, 1.82) is 0 Å². The predicted octanol–water partition coefficient (Wildman–Crippen LogP) is 4.05. The molecule has 0 aliphatic heterocycles. The monoisotopic (exact) mass is 265 g/mol. The van der Waals surface area contributed by atoms with Gasteiger partial charge in [-0.05, 0) is 37.3 Å². The molecule has 0 atom stereocenters. The van der Waals surface area contributed by atoms with Gasteiger partial charge in [-0.1, -0.05) is 0 Å². The highest BCUT2D eigenvalue weighted by atomic mass is 19.1. The fraction of sp³-hybridized carbons (Fsp3) is 0.0714. The van der Waals surface area contributed by atoms with Crippen LogP contribution in [0.25, 0.3) is 0 Å². The van der Waals surface area contributed by atoms with Crippen LogP contribution in [0.2, 0.25) is 0 Å². The number of anilines is 2. The van der Waals surface area contributed by atoms with Crippen LogP contribution in [0.4, 0.5) is 24.5 Å². The molecule has 0 saturated heterocycles. The summed E-state index contributed by atoms with van der Waals surface area (Å²) in [6, 6.07) is 6.48. The molecule has 0 amide bonds. The van der Waals surface area contributed by atoms with Crippen LogP contribution < -0.4 is 5.32 Å². The van der Waals surface area contributed by atoms with Gasteiger partial charge in [0.25, 0.3) is 0 Å². The molecule has 0 saturated carbocycles. The summed E-state index contributed by atoms with van der Waals surface area (Å²) in [5.74, 6) is -2.27. The van der Waals surface area contributed by atoms with Crippen LogP contribution in [0.3, 0.4) is 0 Å². The third kappa shape index (κ3) is 2.93. The van der Waals surface area contributed by atoms with E-state index in [1.807, 2.05) is 0 Å². The van der Waals surface area contributed by atoms with Gasteiger partial charge in [0.2, 0.25) is 0 Å². The molecular formula is C14H10F3NO. The number of ketones is 1. The molecule has 0 spiro atoms. The van der Waals surface area contributed by atoms with Gasteiger partial charge < -0.3 is 5.32 Å². The average Bonchev–Trinajstić information content (AvgIpc) is 2.36. The highest BCUT2D eigenvalue weighted by Crippen LogP contribution is 2.24. The summed E-state index contributed by atoms with van der Waals surface area (Å²) in [6.45, 7) is 1.33. The molecule has 0 radical (unpaired) electrons. The molecule has 2 aromatic carbocycles. The fourth-order valence-corrected chi connectivity index (χ4v) is 1.58. The Morgan fingerprint density at radius 1 is 0.947 bits per heavy atom. The number of benzene rings is 2. The van der Waals surface area contributed by atoms with E-state index in [1.54, 1.807) is 0 Å². The van der Waals surface area contributed by atoms with E-state index >= 15 is 0 Å². The zero-order valence-corrected chi connectivity index (χ0v) is 10.0. The van der Waals surface area contributed by atoms with E-state index in [0.717, 1.165) is 24.3 Å². The van der Waals surface area contributed by atoms with E-state index in [-0.39, 0.29) is 22.7 Å². The smallest absolute Gasteiger partial charge is 0.159 e. The van der Waals surface area contributed by atoms with Crippen molar-refractivity contribution in [3.05, 3.63) is 59.4 Å². The third-order valence-electron chi connectivity index (χ3n) is 2.57. The number of hydrogen-bond acceptors (Lipinski definition) is 2. The van der Waals surface area contributed by atoms with Crippen LogP contribution in [0.15, 0.2) is 36.4 Å². The summed E-state index contributed by atoms with van der Waals surface area (Å²) < 4.78 is 40.0. The van der Waals surface area contributed by atoms with Gasteiger partial charge in [0.15, 0.2) is 5.78 Å². The second-order valence-corrected chi connectivity index (χ2v) is 4.00. The Kier molecular flexibility index (Phi) is 3.55. The molecule has 5 heteroatoms. The van der Waals surface area contributed by atoms with Crippen molar-refractivity contribution in [3.63, 3.8) is 0 Å². The van der Waals surface area contributed by atoms with Crippen LogP contribution in [-0.4, -0.2) is 5.78 Å². The molecule has 0 unspecified atom stereocenters. The number of hydrogen-bond donors (Lipinski definition) is 1. The Morgan fingerprint density at radius 3 is 2.16 bits per heavy atom. The zero-order chi connectivity index (χ0) is 14.0. The molecule has 0 aliphatic rings. The van der Waals surface area contributed by atoms with Crippen LogP contribution >= 0.6 is 0 Å². The summed E-state index contributed by atoms with van der Waals surface area (Å²) in [4.78, 5) is 11.2. The van der Waals surface area contributed by atoms with Crippen molar-refractivity contribution < 1.29 is 18.0 Å². The number of rotatable bonds is 3. The number of halogens is 3. The first-order valence-corrected chi connectivity index (χ1v) is 5.50. The second-order valence-electron chi connectivity index (χ2n) is 4.00. The fourth-order valence-electron chi connectivity index (χ4n) is 1.58. The molecule has 0 aromatic heterocycles. The molecule has 2 aromatic rings. The van der Waals surface area contributed by atoms with Crippen molar-refractivity contribution in [1.82, 2.24) is 0 Å². The second kappa shape index (κ2) is 5.14. The molecule has 1 N–H and O–H groups in total. The van der Waals surface area contributed by atoms with Gasteiger partial charge in [0.1, 0.15) is 17.5 Å². The van der Waals surface area contributed by atoms with Crippen molar-refractivity contribution in [3.8, 4) is 0 Å². The average molecular weight is 265 g/mol. The minimum absolute atomic E-state index is 0.0859. The molecule has 0 bridgehead atoms. The maximum Gasteiger partial charge on any atom is 0.159 e. The third-order valence-corrected chi connectivity index (χ3v) is 2.57. The van der Waals surface area contributed by atoms with E-state index < -0.39 is 17.5 Å². The van der Waals surface area contributed by atoms with Crippen LogP contribution in [0.5, 0.6) is 0 Å². The van der Waals surface area contributed by atoms with Crippen molar-refractivity contribution in [2.45, 2.75) is 6.92 Å². The zero-order valence-electron chi connectivity index (χ0n) is 10.0. The maximum atomic E-state index is 13.6. The molecule has 0 aliphatic carbocycles. The maximum absolute atomic E-state index is 13.6. The Balaban J connectivity index is 2.40. The van der Waals surface area contributed by atoms with Gasteiger partial charge in [0, 0.05) is 11.6 Å². The number of nitrogens with one attached hydrogen (secondary N) is 1. The first-order chi connectivity index (χ1) is 8.97. The lowest BCUT2D eigenvalue weighted by Gasteiger charge is -2.09. The lowest BCUT2D eigenvalue weighted by molar-refractivity contribution is 0.101. The predicted molar refractivity (Wildman–Crippen MR) is 66.0 cm³/mol. The van der Waals surface area contributed by atoms with Gasteiger partial charge in [0.05, 0.1) is 11.4 Å². The number of carbonyl (C=O) groups is 1. The van der Waals surface area contributed by atoms with E-state index in [1.165, 1.54) is 19.1 Å².